The average Bonchev–Trinajstić information content (AvgIpc) is 2.38. The highest BCUT2D eigenvalue weighted by Gasteiger charge is 2.15. The lowest BCUT2D eigenvalue weighted by atomic mass is 10.1. The molecule has 3 nitrogen and oxygen atoms in total. The van der Waals surface area contributed by atoms with Gasteiger partial charge in [-0.2, -0.15) is 0 Å². The Morgan fingerprint density at radius 2 is 1.90 bits per heavy atom. The van der Waals surface area contributed by atoms with Gasteiger partial charge in [-0.1, -0.05) is 0 Å². The second-order valence-electron chi connectivity index (χ2n) is 4.20. The second-order valence-corrected chi connectivity index (χ2v) is 5.44. The number of halogens is 3. The van der Waals surface area contributed by atoms with Gasteiger partial charge in [0, 0.05) is 9.64 Å². The summed E-state index contributed by atoms with van der Waals surface area (Å²) >= 11 is 1.98. The highest BCUT2D eigenvalue weighted by Crippen LogP contribution is 2.23. The van der Waals surface area contributed by atoms with Gasteiger partial charge in [0.2, 0.25) is 0 Å². The fourth-order valence-corrected chi connectivity index (χ4v) is 2.11. The summed E-state index contributed by atoms with van der Waals surface area (Å²) < 4.78 is 27.8. The van der Waals surface area contributed by atoms with Gasteiger partial charge in [-0.15, -0.1) is 0 Å². The van der Waals surface area contributed by atoms with E-state index in [9.17, 15) is 18.7 Å². The maximum absolute atomic E-state index is 13.6. The number of nitrogens with one attached hydrogen (secondary N) is 1. The summed E-state index contributed by atoms with van der Waals surface area (Å²) in [5.74, 6) is -2.28. The Balaban J connectivity index is 2.32. The molecule has 0 aliphatic carbocycles. The van der Waals surface area contributed by atoms with Crippen LogP contribution in [0.15, 0.2) is 30.3 Å². The van der Waals surface area contributed by atoms with Gasteiger partial charge in [0.15, 0.2) is 0 Å². The first-order valence-corrected chi connectivity index (χ1v) is 6.72. The van der Waals surface area contributed by atoms with Crippen molar-refractivity contribution in [3.63, 3.8) is 0 Å². The molecule has 2 aromatic rings. The zero-order chi connectivity index (χ0) is 14.9. The molecule has 0 radical (unpaired) electrons. The van der Waals surface area contributed by atoms with Gasteiger partial charge < -0.3 is 10.4 Å². The maximum Gasteiger partial charge on any atom is 0.259 e. The number of amides is 1. The summed E-state index contributed by atoms with van der Waals surface area (Å²) in [6, 6.07) is 6.35. The Hall–Kier alpha value is -1.70. The van der Waals surface area contributed by atoms with Crippen molar-refractivity contribution in [2.24, 2.45) is 0 Å². The predicted octanol–water partition coefficient (Wildman–Crippen LogP) is 3.84. The third-order valence-corrected chi connectivity index (χ3v) is 3.37. The van der Waals surface area contributed by atoms with E-state index in [1.807, 2.05) is 22.6 Å². The first-order valence-electron chi connectivity index (χ1n) is 5.64. The molecule has 0 spiro atoms. The van der Waals surface area contributed by atoms with E-state index in [4.69, 9.17) is 0 Å². The van der Waals surface area contributed by atoms with Crippen LogP contribution >= 0.6 is 22.6 Å². The van der Waals surface area contributed by atoms with Crippen LogP contribution in [-0.2, 0) is 0 Å². The Kier molecular flexibility index (Phi) is 4.22. The molecule has 0 heterocycles. The molecule has 0 saturated carbocycles. The van der Waals surface area contributed by atoms with E-state index in [-0.39, 0.29) is 22.6 Å². The Labute approximate surface area is 127 Å². The molecule has 0 saturated heterocycles. The van der Waals surface area contributed by atoms with Crippen LogP contribution in [0.3, 0.4) is 0 Å². The standard InChI is InChI=1S/C14H10F2INO2/c1-7-4-11(16)12(6-10(7)15)18-14(20)9-5-8(17)2-3-13(9)19/h2-6,19H,1H3,(H,18,20). The minimum absolute atomic E-state index is 0.00252. The summed E-state index contributed by atoms with van der Waals surface area (Å²) in [4.78, 5) is 12.0. The third kappa shape index (κ3) is 3.06. The smallest absolute Gasteiger partial charge is 0.259 e. The summed E-state index contributed by atoms with van der Waals surface area (Å²) in [5, 5.41) is 11.9. The molecule has 6 heteroatoms. The number of benzene rings is 2. The van der Waals surface area contributed by atoms with Gasteiger partial charge in [0.05, 0.1) is 11.3 Å². The van der Waals surface area contributed by atoms with Crippen molar-refractivity contribution in [1.29, 1.82) is 0 Å². The lowest BCUT2D eigenvalue weighted by molar-refractivity contribution is 0.102. The Bertz CT molecular complexity index is 689. The molecule has 20 heavy (non-hydrogen) atoms. The monoisotopic (exact) mass is 389 g/mol. The van der Waals surface area contributed by atoms with Crippen molar-refractivity contribution >= 4 is 34.2 Å². The first-order chi connectivity index (χ1) is 9.38. The fourth-order valence-electron chi connectivity index (χ4n) is 1.62. The minimum Gasteiger partial charge on any atom is -0.507 e. The Morgan fingerprint density at radius 1 is 1.20 bits per heavy atom. The Morgan fingerprint density at radius 3 is 2.60 bits per heavy atom. The summed E-state index contributed by atoms with van der Waals surface area (Å²) in [5.41, 5.74) is -0.119. The van der Waals surface area contributed by atoms with E-state index in [1.165, 1.54) is 19.1 Å². The van der Waals surface area contributed by atoms with Crippen molar-refractivity contribution in [3.05, 3.63) is 56.7 Å². The fraction of sp³-hybridized carbons (Fsp3) is 0.0714. The topological polar surface area (TPSA) is 49.3 Å². The van der Waals surface area contributed by atoms with E-state index in [0.29, 0.717) is 0 Å². The molecule has 0 unspecified atom stereocenters. The van der Waals surface area contributed by atoms with Gasteiger partial charge >= 0.3 is 0 Å². The number of aryl methyl sites for hydroxylation is 1. The van der Waals surface area contributed by atoms with Crippen molar-refractivity contribution in [2.75, 3.05) is 5.32 Å². The molecule has 104 valence electrons. The van der Waals surface area contributed by atoms with Crippen molar-refractivity contribution in [1.82, 2.24) is 0 Å². The van der Waals surface area contributed by atoms with E-state index in [1.54, 1.807) is 6.07 Å². The summed E-state index contributed by atoms with van der Waals surface area (Å²) in [6.07, 6.45) is 0. The highest BCUT2D eigenvalue weighted by molar-refractivity contribution is 14.1. The van der Waals surface area contributed by atoms with Gasteiger partial charge in [-0.3, -0.25) is 4.79 Å². The van der Waals surface area contributed by atoms with E-state index >= 15 is 0 Å². The third-order valence-electron chi connectivity index (χ3n) is 2.70. The van der Waals surface area contributed by atoms with Crippen LogP contribution in [0.4, 0.5) is 14.5 Å². The van der Waals surface area contributed by atoms with Crippen LogP contribution in [-0.4, -0.2) is 11.0 Å². The zero-order valence-corrected chi connectivity index (χ0v) is 12.5. The second kappa shape index (κ2) is 5.74. The van der Waals surface area contributed by atoms with Crippen LogP contribution in [0, 0.1) is 22.1 Å². The quantitative estimate of drug-likeness (QED) is 0.768. The largest absolute Gasteiger partial charge is 0.507 e. The molecule has 2 N–H and O–H groups in total. The van der Waals surface area contributed by atoms with Crippen LogP contribution in [0.2, 0.25) is 0 Å². The van der Waals surface area contributed by atoms with Crippen LogP contribution in [0.25, 0.3) is 0 Å². The maximum atomic E-state index is 13.6. The van der Waals surface area contributed by atoms with Crippen molar-refractivity contribution in [3.8, 4) is 5.75 Å². The number of carbonyl (C=O) groups is 1. The molecule has 0 fully saturated rings. The lowest BCUT2D eigenvalue weighted by Crippen LogP contribution is -2.14. The zero-order valence-electron chi connectivity index (χ0n) is 10.4. The number of hydrogen-bond donors (Lipinski definition) is 2. The summed E-state index contributed by atoms with van der Waals surface area (Å²) in [7, 11) is 0. The number of hydrogen-bond acceptors (Lipinski definition) is 2. The van der Waals surface area contributed by atoms with Gasteiger partial charge in [-0.05, 0) is 59.3 Å². The van der Waals surface area contributed by atoms with E-state index in [0.717, 1.165) is 15.7 Å². The molecular weight excluding hydrogens is 379 g/mol. The van der Waals surface area contributed by atoms with Crippen LogP contribution < -0.4 is 5.32 Å². The van der Waals surface area contributed by atoms with Crippen molar-refractivity contribution in [2.45, 2.75) is 6.92 Å². The number of aromatic hydroxyl groups is 1. The molecular formula is C14H10F2INO2. The molecule has 1 amide bonds. The van der Waals surface area contributed by atoms with E-state index in [2.05, 4.69) is 5.32 Å². The average molecular weight is 389 g/mol. The van der Waals surface area contributed by atoms with Gasteiger partial charge in [-0.25, -0.2) is 8.78 Å². The number of phenols is 1. The van der Waals surface area contributed by atoms with Crippen LogP contribution in [0.5, 0.6) is 5.75 Å². The summed E-state index contributed by atoms with van der Waals surface area (Å²) in [6.45, 7) is 1.43. The highest BCUT2D eigenvalue weighted by atomic mass is 127. The molecule has 2 rings (SSSR count). The lowest BCUT2D eigenvalue weighted by Gasteiger charge is -2.09. The molecule has 0 atom stereocenters. The number of carbonyl (C=O) groups excluding carboxylic acids is 1. The number of rotatable bonds is 2. The first kappa shape index (κ1) is 14.7. The minimum atomic E-state index is -0.734. The normalized spacial score (nSPS) is 10.4. The molecule has 0 aliphatic rings. The molecule has 0 aliphatic heterocycles. The molecule has 0 aromatic heterocycles. The van der Waals surface area contributed by atoms with E-state index < -0.39 is 17.5 Å². The van der Waals surface area contributed by atoms with Gasteiger partial charge in [0.25, 0.3) is 5.91 Å². The molecule has 2 aromatic carbocycles. The molecule has 0 bridgehead atoms. The number of anilines is 1. The van der Waals surface area contributed by atoms with Crippen molar-refractivity contribution < 1.29 is 18.7 Å². The number of phenolic OH excluding ortho intramolecular Hbond substituents is 1. The van der Waals surface area contributed by atoms with Gasteiger partial charge in [0.1, 0.15) is 17.4 Å². The SMILES string of the molecule is Cc1cc(F)c(NC(=O)c2cc(I)ccc2O)cc1F. The predicted molar refractivity (Wildman–Crippen MR) is 79.9 cm³/mol. The van der Waals surface area contributed by atoms with Crippen LogP contribution in [0.1, 0.15) is 15.9 Å².